The second kappa shape index (κ2) is 7.34. The molecule has 3 N–H and O–H groups in total. The van der Waals surface area contributed by atoms with Gasteiger partial charge in [-0.05, 0) is 19.3 Å². The minimum absolute atomic E-state index is 0.146. The van der Waals surface area contributed by atoms with E-state index < -0.39 is 0 Å². The molecule has 2 aromatic rings. The van der Waals surface area contributed by atoms with Crippen LogP contribution in [0.4, 0.5) is 11.9 Å². The zero-order valence-electron chi connectivity index (χ0n) is 11.4. The number of anilines is 2. The molecule has 20 heavy (non-hydrogen) atoms. The second-order valence-electron chi connectivity index (χ2n) is 4.14. The topological polar surface area (TPSA) is 117 Å². The third-order valence-corrected chi connectivity index (χ3v) is 2.57. The van der Waals surface area contributed by atoms with Gasteiger partial charge in [0.1, 0.15) is 12.7 Å². The van der Waals surface area contributed by atoms with Crippen molar-refractivity contribution >= 4 is 11.9 Å². The molecule has 2 heterocycles. The van der Waals surface area contributed by atoms with Crippen molar-refractivity contribution in [2.45, 2.75) is 19.3 Å². The van der Waals surface area contributed by atoms with Crippen molar-refractivity contribution in [2.24, 2.45) is 0 Å². The lowest BCUT2D eigenvalue weighted by Crippen LogP contribution is -2.12. The third kappa shape index (κ3) is 4.12. The lowest BCUT2D eigenvalue weighted by Gasteiger charge is -2.06. The number of ether oxygens (including phenoxy) is 1. The molecule has 2 rings (SSSR count). The molecule has 0 saturated carbocycles. The van der Waals surface area contributed by atoms with Gasteiger partial charge >= 0.3 is 0 Å². The van der Waals surface area contributed by atoms with Crippen LogP contribution in [0.15, 0.2) is 12.7 Å². The van der Waals surface area contributed by atoms with E-state index in [9.17, 15) is 0 Å². The molecule has 0 bridgehead atoms. The zero-order valence-corrected chi connectivity index (χ0v) is 11.4. The van der Waals surface area contributed by atoms with Gasteiger partial charge in [-0.1, -0.05) is 0 Å². The molecule has 2 aromatic heterocycles. The van der Waals surface area contributed by atoms with Gasteiger partial charge in [-0.2, -0.15) is 24.7 Å². The van der Waals surface area contributed by atoms with E-state index in [4.69, 9.17) is 10.5 Å². The normalized spacial score (nSPS) is 10.7. The van der Waals surface area contributed by atoms with Gasteiger partial charge in [0.15, 0.2) is 0 Å². The van der Waals surface area contributed by atoms with Crippen LogP contribution < -0.4 is 11.1 Å². The Hall–Kier alpha value is -2.29. The fraction of sp³-hybridized carbons (Fsp3) is 0.545. The first-order valence-corrected chi connectivity index (χ1v) is 6.39. The van der Waals surface area contributed by atoms with Crippen molar-refractivity contribution in [3.05, 3.63) is 12.7 Å². The van der Waals surface area contributed by atoms with Gasteiger partial charge in [-0.3, -0.25) is 0 Å². The molecule has 0 aromatic carbocycles. The molecule has 0 fully saturated rings. The first kappa shape index (κ1) is 14.1. The number of hydrogen-bond acceptors (Lipinski definition) is 8. The highest BCUT2D eigenvalue weighted by atomic mass is 16.5. The minimum atomic E-state index is 0.146. The van der Waals surface area contributed by atoms with E-state index in [0.29, 0.717) is 11.9 Å². The summed E-state index contributed by atoms with van der Waals surface area (Å²) in [6.45, 7) is 1.55. The zero-order chi connectivity index (χ0) is 14.2. The molecule has 0 unspecified atom stereocenters. The highest BCUT2D eigenvalue weighted by Crippen LogP contribution is 2.06. The lowest BCUT2D eigenvalue weighted by molar-refractivity contribution is 0.192. The number of rotatable bonds is 8. The van der Waals surface area contributed by atoms with Crippen molar-refractivity contribution in [3.8, 4) is 5.95 Å². The molecular weight excluding hydrogens is 260 g/mol. The van der Waals surface area contributed by atoms with Crippen LogP contribution in [0.25, 0.3) is 5.95 Å². The SMILES string of the molecule is COCCCCCNc1nc(N)nc(-n2cncn2)n1. The van der Waals surface area contributed by atoms with Gasteiger partial charge in [0.05, 0.1) is 0 Å². The fourth-order valence-corrected chi connectivity index (χ4v) is 1.62. The first-order valence-electron chi connectivity index (χ1n) is 6.39. The summed E-state index contributed by atoms with van der Waals surface area (Å²) < 4.78 is 6.43. The van der Waals surface area contributed by atoms with Crippen LogP contribution in [0.5, 0.6) is 0 Å². The molecule has 9 heteroatoms. The number of methoxy groups -OCH3 is 1. The van der Waals surface area contributed by atoms with Crippen molar-refractivity contribution in [1.29, 1.82) is 0 Å². The Bertz CT molecular complexity index is 515. The maximum Gasteiger partial charge on any atom is 0.258 e. The fourth-order valence-electron chi connectivity index (χ4n) is 1.62. The average molecular weight is 278 g/mol. The lowest BCUT2D eigenvalue weighted by atomic mass is 10.2. The smallest absolute Gasteiger partial charge is 0.258 e. The number of unbranched alkanes of at least 4 members (excludes halogenated alkanes) is 2. The van der Waals surface area contributed by atoms with E-state index >= 15 is 0 Å². The standard InChI is InChI=1S/C11H18N8O/c1-20-6-4-2-3-5-14-10-16-9(12)17-11(18-10)19-8-13-7-15-19/h7-8H,2-6H2,1H3,(H3,12,14,16,17,18). The summed E-state index contributed by atoms with van der Waals surface area (Å²) in [6.07, 6.45) is 6.04. The Morgan fingerprint density at radius 1 is 1.25 bits per heavy atom. The minimum Gasteiger partial charge on any atom is -0.385 e. The highest BCUT2D eigenvalue weighted by molar-refractivity contribution is 5.34. The number of hydrogen-bond donors (Lipinski definition) is 2. The first-order chi connectivity index (χ1) is 9.79. The van der Waals surface area contributed by atoms with Crippen LogP contribution in [0.1, 0.15) is 19.3 Å². The van der Waals surface area contributed by atoms with Gasteiger partial charge in [0.25, 0.3) is 5.95 Å². The highest BCUT2D eigenvalue weighted by Gasteiger charge is 2.06. The molecule has 0 amide bonds. The largest absolute Gasteiger partial charge is 0.385 e. The van der Waals surface area contributed by atoms with Gasteiger partial charge in [-0.15, -0.1) is 0 Å². The van der Waals surface area contributed by atoms with Gasteiger partial charge in [0.2, 0.25) is 11.9 Å². The van der Waals surface area contributed by atoms with E-state index in [2.05, 4.69) is 30.4 Å². The molecule has 9 nitrogen and oxygen atoms in total. The Morgan fingerprint density at radius 2 is 2.15 bits per heavy atom. The van der Waals surface area contributed by atoms with E-state index in [1.54, 1.807) is 7.11 Å². The van der Waals surface area contributed by atoms with Gasteiger partial charge < -0.3 is 15.8 Å². The van der Waals surface area contributed by atoms with Crippen LogP contribution in [-0.4, -0.2) is 50.0 Å². The summed E-state index contributed by atoms with van der Waals surface area (Å²) in [7, 11) is 1.71. The molecule has 0 saturated heterocycles. The van der Waals surface area contributed by atoms with Crippen LogP contribution in [-0.2, 0) is 4.74 Å². The van der Waals surface area contributed by atoms with Crippen LogP contribution in [0.3, 0.4) is 0 Å². The summed E-state index contributed by atoms with van der Waals surface area (Å²) in [5.41, 5.74) is 5.66. The molecule has 0 atom stereocenters. The average Bonchev–Trinajstić information content (AvgIpc) is 2.96. The molecule has 0 radical (unpaired) electrons. The number of nitrogens with zero attached hydrogens (tertiary/aromatic N) is 6. The van der Waals surface area contributed by atoms with Crippen molar-refractivity contribution in [1.82, 2.24) is 29.7 Å². The Morgan fingerprint density at radius 3 is 2.90 bits per heavy atom. The molecule has 0 aliphatic rings. The van der Waals surface area contributed by atoms with Crippen LogP contribution >= 0.6 is 0 Å². The van der Waals surface area contributed by atoms with E-state index in [1.807, 2.05) is 0 Å². The van der Waals surface area contributed by atoms with Crippen molar-refractivity contribution in [2.75, 3.05) is 31.3 Å². The molecule has 108 valence electrons. The monoisotopic (exact) mass is 278 g/mol. The summed E-state index contributed by atoms with van der Waals surface area (Å²) >= 11 is 0. The number of nitrogen functional groups attached to an aromatic ring is 1. The van der Waals surface area contributed by atoms with Crippen LogP contribution in [0, 0.1) is 0 Å². The quantitative estimate of drug-likeness (QED) is 0.660. The predicted molar refractivity (Wildman–Crippen MR) is 73.4 cm³/mol. The van der Waals surface area contributed by atoms with E-state index in [-0.39, 0.29) is 5.95 Å². The van der Waals surface area contributed by atoms with Crippen LogP contribution in [0.2, 0.25) is 0 Å². The van der Waals surface area contributed by atoms with E-state index in [1.165, 1.54) is 17.3 Å². The Labute approximate surface area is 116 Å². The summed E-state index contributed by atoms with van der Waals surface area (Å²) in [6, 6.07) is 0. The maximum atomic E-state index is 5.66. The molecule has 0 aliphatic carbocycles. The second-order valence-corrected chi connectivity index (χ2v) is 4.14. The maximum absolute atomic E-state index is 5.66. The summed E-state index contributed by atoms with van der Waals surface area (Å²) in [5.74, 6) is 0.930. The van der Waals surface area contributed by atoms with Crippen molar-refractivity contribution < 1.29 is 4.74 Å². The van der Waals surface area contributed by atoms with Gasteiger partial charge in [-0.25, -0.2) is 4.98 Å². The number of aromatic nitrogens is 6. The molecule has 0 spiro atoms. The summed E-state index contributed by atoms with van der Waals surface area (Å²) in [5, 5.41) is 7.07. The molecule has 0 aliphatic heterocycles. The van der Waals surface area contributed by atoms with Crippen molar-refractivity contribution in [3.63, 3.8) is 0 Å². The summed E-state index contributed by atoms with van der Waals surface area (Å²) in [4.78, 5) is 16.1. The van der Waals surface area contributed by atoms with E-state index in [0.717, 1.165) is 32.4 Å². The Kier molecular flexibility index (Phi) is 5.18. The molecular formula is C11H18N8O. The number of nitrogens with one attached hydrogen (secondary N) is 1. The predicted octanol–water partition coefficient (Wildman–Crippen LogP) is 0.263. The Balaban J connectivity index is 1.88. The van der Waals surface area contributed by atoms with Gasteiger partial charge in [0, 0.05) is 20.3 Å². The number of nitrogens with two attached hydrogens (primary N) is 1. The third-order valence-electron chi connectivity index (χ3n) is 2.57.